The van der Waals surface area contributed by atoms with Gasteiger partial charge < -0.3 is 9.67 Å². The molecule has 3 rings (SSSR count). The number of para-hydroxylation sites is 1. The van der Waals surface area contributed by atoms with Gasteiger partial charge in [0.25, 0.3) is 0 Å². The van der Waals surface area contributed by atoms with Gasteiger partial charge in [-0.2, -0.15) is 13.2 Å². The summed E-state index contributed by atoms with van der Waals surface area (Å²) in [6, 6.07) is 5.03. The molecule has 0 unspecified atom stereocenters. The summed E-state index contributed by atoms with van der Waals surface area (Å²) < 4.78 is 40.8. The van der Waals surface area contributed by atoms with Crippen molar-refractivity contribution in [2.75, 3.05) is 0 Å². The quantitative estimate of drug-likeness (QED) is 0.910. The van der Waals surface area contributed by atoms with E-state index in [1.54, 1.807) is 18.2 Å². The van der Waals surface area contributed by atoms with Crippen molar-refractivity contribution in [3.8, 4) is 0 Å². The number of halogens is 3. The molecule has 2 heterocycles. The largest absolute Gasteiger partial charge is 0.481 e. The molecule has 0 atom stereocenters. The first-order chi connectivity index (χ1) is 8.89. The van der Waals surface area contributed by atoms with E-state index < -0.39 is 24.3 Å². The normalized spacial score (nSPS) is 14.3. The molecule has 1 aliphatic heterocycles. The number of aromatic nitrogens is 1. The predicted octanol–water partition coefficient (Wildman–Crippen LogP) is 2.84. The van der Waals surface area contributed by atoms with Crippen molar-refractivity contribution in [2.24, 2.45) is 0 Å². The highest BCUT2D eigenvalue weighted by Crippen LogP contribution is 2.41. The minimum absolute atomic E-state index is 0.128. The zero-order valence-electron chi connectivity index (χ0n) is 9.79. The van der Waals surface area contributed by atoms with Crippen molar-refractivity contribution >= 4 is 16.9 Å². The summed E-state index contributed by atoms with van der Waals surface area (Å²) >= 11 is 0. The zero-order valence-corrected chi connectivity index (χ0v) is 9.79. The second-order valence-corrected chi connectivity index (χ2v) is 4.61. The third kappa shape index (κ3) is 1.70. The highest BCUT2D eigenvalue weighted by Gasteiger charge is 2.40. The monoisotopic (exact) mass is 269 g/mol. The molecule has 1 aliphatic rings. The number of alkyl halides is 3. The Morgan fingerprint density at radius 1 is 1.37 bits per heavy atom. The molecule has 3 nitrogen and oxygen atoms in total. The molecule has 100 valence electrons. The Kier molecular flexibility index (Phi) is 2.39. The van der Waals surface area contributed by atoms with Crippen molar-refractivity contribution in [3.63, 3.8) is 0 Å². The number of carbonyl (C=O) groups is 1. The fourth-order valence-electron chi connectivity index (χ4n) is 2.87. The van der Waals surface area contributed by atoms with Crippen LogP contribution in [0.25, 0.3) is 10.9 Å². The van der Waals surface area contributed by atoms with E-state index in [9.17, 15) is 18.0 Å². The number of rotatable bonds is 2. The number of aryl methyl sites for hydroxylation is 2. The van der Waals surface area contributed by atoms with Gasteiger partial charge >= 0.3 is 12.1 Å². The topological polar surface area (TPSA) is 42.2 Å². The molecule has 6 heteroatoms. The molecular weight excluding hydrogens is 259 g/mol. The van der Waals surface area contributed by atoms with Gasteiger partial charge in [-0.05, 0) is 12.0 Å². The number of nitrogens with zero attached hydrogens (tertiary/aromatic N) is 1. The minimum atomic E-state index is -4.54. The lowest BCUT2D eigenvalue weighted by Crippen LogP contribution is -2.16. The van der Waals surface area contributed by atoms with Crippen molar-refractivity contribution in [1.29, 1.82) is 0 Å². The maximum absolute atomic E-state index is 13.2. The molecule has 2 aromatic rings. The van der Waals surface area contributed by atoms with Crippen LogP contribution in [0.1, 0.15) is 16.8 Å². The molecule has 0 bridgehead atoms. The van der Waals surface area contributed by atoms with Gasteiger partial charge in [-0.25, -0.2) is 0 Å². The van der Waals surface area contributed by atoms with Crippen LogP contribution < -0.4 is 0 Å². The van der Waals surface area contributed by atoms with E-state index in [-0.39, 0.29) is 12.1 Å². The number of benzene rings is 1. The van der Waals surface area contributed by atoms with Crippen molar-refractivity contribution in [1.82, 2.24) is 4.57 Å². The minimum Gasteiger partial charge on any atom is -0.481 e. The first-order valence-corrected chi connectivity index (χ1v) is 5.81. The maximum Gasteiger partial charge on any atom is 0.431 e. The highest BCUT2D eigenvalue weighted by atomic mass is 19.4. The molecule has 0 saturated carbocycles. The Balaban J connectivity index is 2.38. The Morgan fingerprint density at radius 2 is 2.11 bits per heavy atom. The van der Waals surface area contributed by atoms with Gasteiger partial charge in [0.05, 0.1) is 11.9 Å². The molecule has 1 aromatic heterocycles. The van der Waals surface area contributed by atoms with Gasteiger partial charge in [0.15, 0.2) is 0 Å². The van der Waals surface area contributed by atoms with Crippen LogP contribution >= 0.6 is 0 Å². The lowest BCUT2D eigenvalue weighted by molar-refractivity contribution is -0.144. The Morgan fingerprint density at radius 3 is 2.74 bits per heavy atom. The number of carboxylic acids is 1. The van der Waals surface area contributed by atoms with E-state index in [1.807, 2.05) is 0 Å². The number of carboxylic acid groups (broad SMARTS) is 1. The summed E-state index contributed by atoms with van der Waals surface area (Å²) in [5.41, 5.74) is 0.442. The van der Waals surface area contributed by atoms with Gasteiger partial charge in [-0.3, -0.25) is 4.79 Å². The van der Waals surface area contributed by atoms with Gasteiger partial charge in [-0.1, -0.05) is 18.2 Å². The third-order valence-corrected chi connectivity index (χ3v) is 3.47. The molecular formula is C13H10F3NO2. The smallest absolute Gasteiger partial charge is 0.431 e. The molecule has 1 N–H and O–H groups in total. The summed E-state index contributed by atoms with van der Waals surface area (Å²) in [7, 11) is 0. The third-order valence-electron chi connectivity index (χ3n) is 3.47. The number of hydrogen-bond donors (Lipinski definition) is 1. The first kappa shape index (κ1) is 12.1. The molecule has 0 aliphatic carbocycles. The van der Waals surface area contributed by atoms with Gasteiger partial charge in [0.2, 0.25) is 0 Å². The van der Waals surface area contributed by atoms with Crippen LogP contribution in [-0.4, -0.2) is 15.6 Å². The fourth-order valence-corrected chi connectivity index (χ4v) is 2.87. The van der Waals surface area contributed by atoms with Crippen molar-refractivity contribution < 1.29 is 23.1 Å². The summed E-state index contributed by atoms with van der Waals surface area (Å²) in [6.07, 6.45) is -4.59. The van der Waals surface area contributed by atoms with Crippen LogP contribution in [0.2, 0.25) is 0 Å². The van der Waals surface area contributed by atoms with Crippen LogP contribution in [0.15, 0.2) is 18.2 Å². The summed E-state index contributed by atoms with van der Waals surface area (Å²) in [5.74, 6) is -1.25. The molecule has 0 radical (unpaired) electrons. The first-order valence-electron chi connectivity index (χ1n) is 5.81. The molecule has 0 fully saturated rings. The van der Waals surface area contributed by atoms with E-state index in [4.69, 9.17) is 5.11 Å². The Bertz CT molecular complexity index is 685. The van der Waals surface area contributed by atoms with E-state index in [0.29, 0.717) is 17.3 Å². The van der Waals surface area contributed by atoms with E-state index in [0.717, 1.165) is 5.56 Å². The zero-order chi connectivity index (χ0) is 13.8. The SMILES string of the molecule is O=C(O)Cc1c(C(F)(F)F)n2c3c(cccc13)CC2. The molecule has 0 saturated heterocycles. The van der Waals surface area contributed by atoms with E-state index >= 15 is 0 Å². The fraction of sp³-hybridized carbons (Fsp3) is 0.308. The second kappa shape index (κ2) is 3.76. The second-order valence-electron chi connectivity index (χ2n) is 4.61. The summed E-state index contributed by atoms with van der Waals surface area (Å²) in [6.45, 7) is 0.254. The van der Waals surface area contributed by atoms with Gasteiger partial charge in [0, 0.05) is 17.5 Å². The van der Waals surface area contributed by atoms with E-state index in [2.05, 4.69) is 0 Å². The summed E-state index contributed by atoms with van der Waals surface area (Å²) in [5, 5.41) is 9.24. The average Bonchev–Trinajstić information content (AvgIpc) is 2.82. The molecule has 19 heavy (non-hydrogen) atoms. The molecule has 0 amide bonds. The number of hydrogen-bond acceptors (Lipinski definition) is 1. The van der Waals surface area contributed by atoms with Gasteiger partial charge in [0.1, 0.15) is 5.69 Å². The highest BCUT2D eigenvalue weighted by molar-refractivity contribution is 5.92. The van der Waals surface area contributed by atoms with Gasteiger partial charge in [-0.15, -0.1) is 0 Å². The average molecular weight is 269 g/mol. The molecule has 0 spiro atoms. The van der Waals surface area contributed by atoms with Crippen molar-refractivity contribution in [2.45, 2.75) is 25.6 Å². The Hall–Kier alpha value is -1.98. The van der Waals surface area contributed by atoms with Crippen LogP contribution in [-0.2, 0) is 30.4 Å². The van der Waals surface area contributed by atoms with Crippen LogP contribution in [0.3, 0.4) is 0 Å². The number of aliphatic carboxylic acids is 1. The predicted molar refractivity (Wildman–Crippen MR) is 62.0 cm³/mol. The maximum atomic E-state index is 13.2. The standard InChI is InChI=1S/C13H10F3NO2/c14-13(15,16)12-9(6-10(18)19)8-3-1-2-7-4-5-17(12)11(7)8/h1-3H,4-6H2,(H,18,19). The van der Waals surface area contributed by atoms with Crippen LogP contribution in [0.5, 0.6) is 0 Å². The van der Waals surface area contributed by atoms with Crippen LogP contribution in [0, 0.1) is 0 Å². The van der Waals surface area contributed by atoms with E-state index in [1.165, 1.54) is 4.57 Å². The molecule has 1 aromatic carbocycles. The summed E-state index contributed by atoms with van der Waals surface area (Å²) in [4.78, 5) is 10.8. The van der Waals surface area contributed by atoms with Crippen LogP contribution in [0.4, 0.5) is 13.2 Å². The lowest BCUT2D eigenvalue weighted by Gasteiger charge is -2.11. The Labute approximate surface area is 106 Å². The van der Waals surface area contributed by atoms with Crippen molar-refractivity contribution in [3.05, 3.63) is 35.0 Å². The lowest BCUT2D eigenvalue weighted by atomic mass is 10.0.